The van der Waals surface area contributed by atoms with E-state index in [1.54, 1.807) is 0 Å². The van der Waals surface area contributed by atoms with Gasteiger partial charge < -0.3 is 14.8 Å². The van der Waals surface area contributed by atoms with Crippen molar-refractivity contribution in [2.45, 2.75) is 49.0 Å². The predicted octanol–water partition coefficient (Wildman–Crippen LogP) is 0.754. The highest BCUT2D eigenvalue weighted by atomic mass is 32.2. The van der Waals surface area contributed by atoms with Crippen LogP contribution in [0.4, 0.5) is 4.79 Å². The van der Waals surface area contributed by atoms with Gasteiger partial charge in [0, 0.05) is 19.5 Å². The van der Waals surface area contributed by atoms with Gasteiger partial charge >= 0.3 is 6.03 Å². The normalized spacial score (nSPS) is 20.2. The summed E-state index contributed by atoms with van der Waals surface area (Å²) < 4.78 is 37.8. The quantitative estimate of drug-likeness (QED) is 0.612. The molecule has 11 nitrogen and oxygen atoms in total. The molecule has 0 atom stereocenters. The van der Waals surface area contributed by atoms with E-state index < -0.39 is 40.0 Å². The van der Waals surface area contributed by atoms with Crippen LogP contribution in [0.25, 0.3) is 0 Å². The molecule has 0 bridgehead atoms. The molecule has 1 spiro atoms. The molecule has 1 aromatic rings. The molecular weight excluding hydrogens is 440 g/mol. The van der Waals surface area contributed by atoms with E-state index in [0.29, 0.717) is 49.0 Å². The molecule has 0 unspecified atom stereocenters. The van der Waals surface area contributed by atoms with E-state index in [1.807, 2.05) is 0 Å². The van der Waals surface area contributed by atoms with Crippen LogP contribution in [0.15, 0.2) is 23.1 Å². The summed E-state index contributed by atoms with van der Waals surface area (Å²) in [5.41, 5.74) is 1.26. The maximum Gasteiger partial charge on any atom is 0.344 e. The van der Waals surface area contributed by atoms with Crippen LogP contribution in [0.1, 0.15) is 38.5 Å². The van der Waals surface area contributed by atoms with Crippen molar-refractivity contribution in [1.29, 1.82) is 0 Å². The summed E-state index contributed by atoms with van der Waals surface area (Å²) >= 11 is 0. The van der Waals surface area contributed by atoms with E-state index in [-0.39, 0.29) is 4.90 Å². The molecule has 0 radical (unpaired) electrons. The summed E-state index contributed by atoms with van der Waals surface area (Å²) in [6.07, 6.45) is 4.32. The van der Waals surface area contributed by atoms with Gasteiger partial charge in [-0.25, -0.2) is 13.2 Å². The highest BCUT2D eigenvalue weighted by molar-refractivity contribution is 7.89. The molecule has 2 heterocycles. The van der Waals surface area contributed by atoms with Crippen LogP contribution < -0.4 is 20.2 Å². The number of amides is 4. The maximum atomic E-state index is 12.9. The fourth-order valence-electron chi connectivity index (χ4n) is 4.15. The molecule has 2 aliphatic heterocycles. The highest BCUT2D eigenvalue weighted by Crippen LogP contribution is 2.34. The van der Waals surface area contributed by atoms with Gasteiger partial charge in [-0.05, 0) is 25.0 Å². The number of ether oxygens (including phenoxy) is 2. The maximum absolute atomic E-state index is 12.9. The number of nitrogens with one attached hydrogen (secondary N) is 2. The lowest BCUT2D eigenvalue weighted by atomic mass is 9.82. The number of carbonyl (C=O) groups excluding carboxylic acids is 3. The predicted molar refractivity (Wildman–Crippen MR) is 111 cm³/mol. The van der Waals surface area contributed by atoms with E-state index in [0.717, 1.165) is 23.6 Å². The van der Waals surface area contributed by atoms with Crippen molar-refractivity contribution in [2.75, 3.05) is 26.8 Å². The Morgan fingerprint density at radius 2 is 1.81 bits per heavy atom. The SMILES string of the molecule is CN(CC(=O)NN1C(=O)NC2(CCCCC2)C1=O)S(=O)(=O)c1ccc2c(c1)OCCCO2. The Morgan fingerprint density at radius 3 is 2.53 bits per heavy atom. The smallest absolute Gasteiger partial charge is 0.344 e. The van der Waals surface area contributed by atoms with Crippen LogP contribution in [0, 0.1) is 0 Å². The Morgan fingerprint density at radius 1 is 1.12 bits per heavy atom. The molecule has 1 saturated carbocycles. The number of likely N-dealkylation sites (N-methyl/N-ethyl adjacent to an activating group) is 1. The molecule has 0 aromatic heterocycles. The Balaban J connectivity index is 1.42. The minimum Gasteiger partial charge on any atom is -0.490 e. The van der Waals surface area contributed by atoms with Gasteiger partial charge in [0.15, 0.2) is 11.5 Å². The topological polar surface area (TPSA) is 134 Å². The summed E-state index contributed by atoms with van der Waals surface area (Å²) in [5.74, 6) is -0.540. The summed E-state index contributed by atoms with van der Waals surface area (Å²) in [6, 6.07) is 3.53. The summed E-state index contributed by atoms with van der Waals surface area (Å²) in [6.45, 7) is 0.298. The largest absolute Gasteiger partial charge is 0.490 e. The van der Waals surface area contributed by atoms with Gasteiger partial charge in [-0.15, -0.1) is 0 Å². The van der Waals surface area contributed by atoms with Crippen LogP contribution in [-0.4, -0.2) is 67.9 Å². The highest BCUT2D eigenvalue weighted by Gasteiger charge is 2.52. The standard InChI is InChI=1S/C20H26N4O7S/c1-23(32(28,29)14-6-7-15-16(12-14)31-11-5-10-30-15)13-17(25)22-24-18(26)20(21-19(24)27)8-3-2-4-9-20/h6-7,12H,2-5,8-11,13H2,1H3,(H,21,27)(H,22,25). The van der Waals surface area contributed by atoms with E-state index >= 15 is 0 Å². The number of hydrogen-bond donors (Lipinski definition) is 2. The van der Waals surface area contributed by atoms with Gasteiger partial charge in [0.05, 0.1) is 24.7 Å². The lowest BCUT2D eigenvalue weighted by Crippen LogP contribution is -2.52. The van der Waals surface area contributed by atoms with E-state index in [4.69, 9.17) is 9.47 Å². The fraction of sp³-hybridized carbons (Fsp3) is 0.550. The van der Waals surface area contributed by atoms with Gasteiger partial charge in [-0.1, -0.05) is 19.3 Å². The van der Waals surface area contributed by atoms with Crippen molar-refractivity contribution in [1.82, 2.24) is 20.1 Å². The average Bonchev–Trinajstić information content (AvgIpc) is 2.94. The number of nitrogens with zero attached hydrogens (tertiary/aromatic N) is 2. The van der Waals surface area contributed by atoms with E-state index in [9.17, 15) is 22.8 Å². The van der Waals surface area contributed by atoms with Gasteiger partial charge in [0.1, 0.15) is 5.54 Å². The van der Waals surface area contributed by atoms with Crippen LogP contribution in [-0.2, 0) is 19.6 Å². The Bertz CT molecular complexity index is 1040. The molecule has 4 rings (SSSR count). The fourth-order valence-corrected chi connectivity index (χ4v) is 5.29. The number of rotatable bonds is 5. The molecule has 1 saturated heterocycles. The molecule has 2 N–H and O–H groups in total. The second-order valence-corrected chi connectivity index (χ2v) is 10.2. The van der Waals surface area contributed by atoms with Crippen molar-refractivity contribution >= 4 is 27.9 Å². The van der Waals surface area contributed by atoms with Crippen LogP contribution in [0.3, 0.4) is 0 Å². The summed E-state index contributed by atoms with van der Waals surface area (Å²) in [5, 5.41) is 3.34. The summed E-state index contributed by atoms with van der Waals surface area (Å²) in [4.78, 5) is 37.5. The van der Waals surface area contributed by atoms with Crippen molar-refractivity contribution in [3.05, 3.63) is 18.2 Å². The third-order valence-corrected chi connectivity index (χ3v) is 7.70. The van der Waals surface area contributed by atoms with Gasteiger partial charge in [0.25, 0.3) is 11.8 Å². The summed E-state index contributed by atoms with van der Waals surface area (Å²) in [7, 11) is -2.79. The molecule has 174 valence electrons. The third kappa shape index (κ3) is 4.11. The molecule has 1 aliphatic carbocycles. The zero-order chi connectivity index (χ0) is 22.9. The molecule has 1 aromatic carbocycles. The Kier molecular flexibility index (Phi) is 5.99. The minimum absolute atomic E-state index is 0.0619. The Hall–Kier alpha value is -2.86. The zero-order valence-corrected chi connectivity index (χ0v) is 18.6. The van der Waals surface area contributed by atoms with Crippen LogP contribution in [0.2, 0.25) is 0 Å². The zero-order valence-electron chi connectivity index (χ0n) is 17.8. The number of sulfonamides is 1. The van der Waals surface area contributed by atoms with E-state index in [2.05, 4.69) is 10.7 Å². The number of benzene rings is 1. The lowest BCUT2D eigenvalue weighted by Gasteiger charge is -2.30. The number of carbonyl (C=O) groups is 3. The van der Waals surface area contributed by atoms with Crippen molar-refractivity contribution in [3.63, 3.8) is 0 Å². The molecule has 12 heteroatoms. The second kappa shape index (κ2) is 8.58. The number of hydrazine groups is 1. The van der Waals surface area contributed by atoms with Gasteiger partial charge in [-0.3, -0.25) is 15.0 Å². The molecular formula is C20H26N4O7S. The number of urea groups is 1. The van der Waals surface area contributed by atoms with Crippen LogP contribution >= 0.6 is 0 Å². The Labute approximate surface area is 186 Å². The number of fused-ring (bicyclic) bond motifs is 1. The van der Waals surface area contributed by atoms with Crippen LogP contribution in [0.5, 0.6) is 11.5 Å². The average molecular weight is 467 g/mol. The monoisotopic (exact) mass is 466 g/mol. The second-order valence-electron chi connectivity index (χ2n) is 8.17. The first-order valence-corrected chi connectivity index (χ1v) is 12.0. The van der Waals surface area contributed by atoms with Crippen molar-refractivity contribution in [3.8, 4) is 11.5 Å². The van der Waals surface area contributed by atoms with E-state index in [1.165, 1.54) is 25.2 Å². The third-order valence-electron chi connectivity index (χ3n) is 5.90. The van der Waals surface area contributed by atoms with Gasteiger partial charge in [-0.2, -0.15) is 9.31 Å². The molecule has 2 fully saturated rings. The van der Waals surface area contributed by atoms with Gasteiger partial charge in [0.2, 0.25) is 10.0 Å². The number of hydrogen-bond acceptors (Lipinski definition) is 7. The first-order valence-electron chi connectivity index (χ1n) is 10.6. The lowest BCUT2D eigenvalue weighted by molar-refractivity contribution is -0.139. The molecule has 3 aliphatic rings. The first-order chi connectivity index (χ1) is 15.2. The van der Waals surface area contributed by atoms with Crippen molar-refractivity contribution < 1.29 is 32.3 Å². The minimum atomic E-state index is -4.03. The van der Waals surface area contributed by atoms with Crippen molar-refractivity contribution in [2.24, 2.45) is 0 Å². The number of imide groups is 1. The molecule has 32 heavy (non-hydrogen) atoms. The first kappa shape index (κ1) is 22.3. The molecule has 4 amide bonds.